The molecular weight excluding hydrogens is 294 g/mol. The second-order valence-electron chi connectivity index (χ2n) is 4.93. The third-order valence-electron chi connectivity index (χ3n) is 3.15. The van der Waals surface area contributed by atoms with Gasteiger partial charge in [0.15, 0.2) is 0 Å². The van der Waals surface area contributed by atoms with Gasteiger partial charge >= 0.3 is 0 Å². The number of hydrogen-bond acceptors (Lipinski definition) is 4. The van der Waals surface area contributed by atoms with Crippen LogP contribution >= 0.6 is 11.3 Å². The molecule has 22 heavy (non-hydrogen) atoms. The van der Waals surface area contributed by atoms with E-state index in [9.17, 15) is 4.79 Å². The van der Waals surface area contributed by atoms with Crippen LogP contribution in [0.1, 0.15) is 26.8 Å². The summed E-state index contributed by atoms with van der Waals surface area (Å²) in [6.45, 7) is 1.90. The molecule has 0 saturated heterocycles. The molecule has 3 aromatic rings. The number of amides is 1. The van der Waals surface area contributed by atoms with E-state index in [2.05, 4.69) is 27.4 Å². The molecule has 0 atom stereocenters. The summed E-state index contributed by atoms with van der Waals surface area (Å²) in [7, 11) is 0. The number of carbonyl (C=O) groups is 1. The molecule has 1 aromatic carbocycles. The first-order valence-corrected chi connectivity index (χ1v) is 7.81. The van der Waals surface area contributed by atoms with Gasteiger partial charge in [-0.2, -0.15) is 0 Å². The van der Waals surface area contributed by atoms with Gasteiger partial charge in [0, 0.05) is 17.5 Å². The molecule has 4 nitrogen and oxygen atoms in total. The van der Waals surface area contributed by atoms with Crippen molar-refractivity contribution < 1.29 is 4.79 Å². The van der Waals surface area contributed by atoms with Crippen molar-refractivity contribution in [2.45, 2.75) is 13.3 Å². The average molecular weight is 309 g/mol. The summed E-state index contributed by atoms with van der Waals surface area (Å²) in [5, 5.41) is 5.52. The average Bonchev–Trinajstić information content (AvgIpc) is 2.99. The highest BCUT2D eigenvalue weighted by Crippen LogP contribution is 2.16. The van der Waals surface area contributed by atoms with Gasteiger partial charge in [-0.1, -0.05) is 30.3 Å². The first kappa shape index (κ1) is 14.4. The summed E-state index contributed by atoms with van der Waals surface area (Å²) in [6.07, 6.45) is 2.38. The van der Waals surface area contributed by atoms with E-state index < -0.39 is 0 Å². The fourth-order valence-corrected chi connectivity index (χ4v) is 2.81. The normalized spacial score (nSPS) is 10.4. The van der Waals surface area contributed by atoms with E-state index in [1.807, 2.05) is 37.3 Å². The standard InChI is InChI=1S/C17H15N3OS/c1-12-7-8-14(10-18-12)19-17(21)15-11-22-16(20-15)9-13-5-3-2-4-6-13/h2-8,10-11H,9H2,1H3,(H,19,21). The zero-order valence-corrected chi connectivity index (χ0v) is 12.9. The van der Waals surface area contributed by atoms with Crippen LogP contribution in [0, 0.1) is 6.92 Å². The Morgan fingerprint density at radius 2 is 2.00 bits per heavy atom. The maximum atomic E-state index is 12.2. The highest BCUT2D eigenvalue weighted by molar-refractivity contribution is 7.09. The van der Waals surface area contributed by atoms with E-state index >= 15 is 0 Å². The van der Waals surface area contributed by atoms with E-state index in [1.54, 1.807) is 11.6 Å². The molecule has 0 aliphatic rings. The van der Waals surface area contributed by atoms with Gasteiger partial charge in [0.2, 0.25) is 0 Å². The molecule has 0 radical (unpaired) electrons. The van der Waals surface area contributed by atoms with Crippen molar-refractivity contribution in [2.24, 2.45) is 0 Å². The van der Waals surface area contributed by atoms with Crippen molar-refractivity contribution in [3.05, 3.63) is 76.0 Å². The molecule has 3 rings (SSSR count). The molecule has 0 aliphatic heterocycles. The van der Waals surface area contributed by atoms with Gasteiger partial charge in [0.05, 0.1) is 16.9 Å². The molecule has 0 unspecified atom stereocenters. The number of benzene rings is 1. The number of anilines is 1. The predicted octanol–water partition coefficient (Wildman–Crippen LogP) is 3.69. The predicted molar refractivity (Wildman–Crippen MR) is 88.3 cm³/mol. The lowest BCUT2D eigenvalue weighted by Gasteiger charge is -2.02. The zero-order chi connectivity index (χ0) is 15.4. The molecule has 2 heterocycles. The number of carbonyl (C=O) groups excluding carboxylic acids is 1. The lowest BCUT2D eigenvalue weighted by atomic mass is 10.2. The summed E-state index contributed by atoms with van der Waals surface area (Å²) in [5.41, 5.74) is 3.22. The summed E-state index contributed by atoms with van der Waals surface area (Å²) < 4.78 is 0. The van der Waals surface area contributed by atoms with Crippen LogP contribution in [0.2, 0.25) is 0 Å². The summed E-state index contributed by atoms with van der Waals surface area (Å²) in [6, 6.07) is 13.8. The van der Waals surface area contributed by atoms with Crippen molar-refractivity contribution in [2.75, 3.05) is 5.32 Å². The lowest BCUT2D eigenvalue weighted by molar-refractivity contribution is 0.102. The largest absolute Gasteiger partial charge is 0.319 e. The second kappa shape index (κ2) is 6.49. The molecule has 0 spiro atoms. The minimum Gasteiger partial charge on any atom is -0.319 e. The molecule has 0 bridgehead atoms. The molecule has 110 valence electrons. The molecular formula is C17H15N3OS. The maximum absolute atomic E-state index is 12.2. The molecule has 1 amide bonds. The Morgan fingerprint density at radius 1 is 1.18 bits per heavy atom. The Hall–Kier alpha value is -2.53. The van der Waals surface area contributed by atoms with Crippen LogP contribution in [0.15, 0.2) is 54.0 Å². The second-order valence-corrected chi connectivity index (χ2v) is 5.87. The summed E-state index contributed by atoms with van der Waals surface area (Å²) in [5.74, 6) is -0.207. The number of aromatic nitrogens is 2. The number of thiazole rings is 1. The SMILES string of the molecule is Cc1ccc(NC(=O)c2csc(Cc3ccccc3)n2)cn1. The van der Waals surface area contributed by atoms with Gasteiger partial charge < -0.3 is 5.32 Å². The van der Waals surface area contributed by atoms with Crippen LogP contribution < -0.4 is 5.32 Å². The minimum atomic E-state index is -0.207. The van der Waals surface area contributed by atoms with Crippen LogP contribution in [0.3, 0.4) is 0 Å². The highest BCUT2D eigenvalue weighted by atomic mass is 32.1. The highest BCUT2D eigenvalue weighted by Gasteiger charge is 2.11. The first-order valence-electron chi connectivity index (χ1n) is 6.93. The summed E-state index contributed by atoms with van der Waals surface area (Å²) >= 11 is 1.50. The maximum Gasteiger partial charge on any atom is 0.275 e. The number of hydrogen-bond donors (Lipinski definition) is 1. The monoisotopic (exact) mass is 309 g/mol. The minimum absolute atomic E-state index is 0.207. The number of aryl methyl sites for hydroxylation is 1. The van der Waals surface area contributed by atoms with E-state index in [-0.39, 0.29) is 5.91 Å². The molecule has 0 aliphatic carbocycles. The number of rotatable bonds is 4. The topological polar surface area (TPSA) is 54.9 Å². The molecule has 0 saturated carbocycles. The third-order valence-corrected chi connectivity index (χ3v) is 4.00. The molecule has 2 aromatic heterocycles. The van der Waals surface area contributed by atoms with Crippen LogP contribution in [-0.2, 0) is 6.42 Å². The molecule has 5 heteroatoms. The summed E-state index contributed by atoms with van der Waals surface area (Å²) in [4.78, 5) is 20.7. The Labute approximate surface area is 132 Å². The number of nitrogens with zero attached hydrogens (tertiary/aromatic N) is 2. The fraction of sp³-hybridized carbons (Fsp3) is 0.118. The number of nitrogens with one attached hydrogen (secondary N) is 1. The van der Waals surface area contributed by atoms with E-state index in [1.165, 1.54) is 16.9 Å². The van der Waals surface area contributed by atoms with E-state index in [0.29, 0.717) is 11.4 Å². The quantitative estimate of drug-likeness (QED) is 0.799. The van der Waals surface area contributed by atoms with Crippen molar-refractivity contribution >= 4 is 22.9 Å². The lowest BCUT2D eigenvalue weighted by Crippen LogP contribution is -2.12. The van der Waals surface area contributed by atoms with Crippen molar-refractivity contribution in [3.63, 3.8) is 0 Å². The van der Waals surface area contributed by atoms with Gasteiger partial charge in [-0.3, -0.25) is 9.78 Å². The van der Waals surface area contributed by atoms with E-state index in [4.69, 9.17) is 0 Å². The Kier molecular flexibility index (Phi) is 4.25. The van der Waals surface area contributed by atoms with Gasteiger partial charge in [-0.25, -0.2) is 4.98 Å². The number of pyridine rings is 1. The van der Waals surface area contributed by atoms with Crippen molar-refractivity contribution in [1.82, 2.24) is 9.97 Å². The van der Waals surface area contributed by atoms with Crippen LogP contribution in [-0.4, -0.2) is 15.9 Å². The smallest absolute Gasteiger partial charge is 0.275 e. The van der Waals surface area contributed by atoms with Crippen molar-refractivity contribution in [3.8, 4) is 0 Å². The Bertz CT molecular complexity index is 766. The fourth-order valence-electron chi connectivity index (χ4n) is 2.00. The van der Waals surface area contributed by atoms with Crippen LogP contribution in [0.4, 0.5) is 5.69 Å². The molecule has 1 N–H and O–H groups in total. The van der Waals surface area contributed by atoms with Crippen LogP contribution in [0.5, 0.6) is 0 Å². The van der Waals surface area contributed by atoms with Gasteiger partial charge in [-0.05, 0) is 24.6 Å². The zero-order valence-electron chi connectivity index (χ0n) is 12.1. The van der Waals surface area contributed by atoms with Gasteiger partial charge in [-0.15, -0.1) is 11.3 Å². The van der Waals surface area contributed by atoms with Gasteiger partial charge in [0.1, 0.15) is 5.69 Å². The van der Waals surface area contributed by atoms with Crippen molar-refractivity contribution in [1.29, 1.82) is 0 Å². The van der Waals surface area contributed by atoms with Gasteiger partial charge in [0.25, 0.3) is 5.91 Å². The Morgan fingerprint density at radius 3 is 2.73 bits per heavy atom. The third kappa shape index (κ3) is 3.56. The molecule has 0 fully saturated rings. The van der Waals surface area contributed by atoms with E-state index in [0.717, 1.165) is 17.1 Å². The van der Waals surface area contributed by atoms with Crippen LogP contribution in [0.25, 0.3) is 0 Å². The first-order chi connectivity index (χ1) is 10.7. The Balaban J connectivity index is 1.67.